The molecule has 0 saturated carbocycles. The summed E-state index contributed by atoms with van der Waals surface area (Å²) in [5.74, 6) is -1.25. The Balaban J connectivity index is 1.61. The minimum Gasteiger partial charge on any atom is -0.380 e. The molecular weight excluding hydrogens is 346 g/mol. The maximum atomic E-state index is 13.0. The fraction of sp³-hybridized carbons (Fsp3) is 0.263. The van der Waals surface area contributed by atoms with Crippen LogP contribution in [0.25, 0.3) is 0 Å². The molecule has 4 rings (SSSR count). The summed E-state index contributed by atoms with van der Waals surface area (Å²) in [5.41, 5.74) is 2.75. The largest absolute Gasteiger partial charge is 0.380 e. The van der Waals surface area contributed by atoms with Gasteiger partial charge in [-0.25, -0.2) is 0 Å². The average molecular weight is 365 g/mol. The van der Waals surface area contributed by atoms with E-state index < -0.39 is 17.9 Å². The van der Waals surface area contributed by atoms with Gasteiger partial charge in [0.15, 0.2) is 0 Å². The molecule has 1 aromatic heterocycles. The Morgan fingerprint density at radius 1 is 1.30 bits per heavy atom. The lowest BCUT2D eigenvalue weighted by molar-refractivity contribution is -0.125. The molecule has 0 aliphatic carbocycles. The number of piperidine rings is 1. The van der Waals surface area contributed by atoms with Crippen molar-refractivity contribution in [1.29, 1.82) is 0 Å². The number of nitrogens with zero attached hydrogens (tertiary/aromatic N) is 3. The predicted octanol–water partition coefficient (Wildman–Crippen LogP) is 1.42. The maximum Gasteiger partial charge on any atom is 0.264 e. The van der Waals surface area contributed by atoms with E-state index in [9.17, 15) is 14.4 Å². The molecule has 1 unspecified atom stereocenters. The van der Waals surface area contributed by atoms with Gasteiger partial charge in [-0.3, -0.25) is 24.0 Å². The lowest BCUT2D eigenvalue weighted by Gasteiger charge is -2.29. The van der Waals surface area contributed by atoms with Gasteiger partial charge in [0, 0.05) is 36.7 Å². The van der Waals surface area contributed by atoms with Gasteiger partial charge in [-0.2, -0.15) is 5.10 Å². The van der Waals surface area contributed by atoms with Crippen LogP contribution in [0.3, 0.4) is 0 Å². The first-order chi connectivity index (χ1) is 13.0. The van der Waals surface area contributed by atoms with Gasteiger partial charge in [-0.05, 0) is 25.0 Å². The normalized spacial score (nSPS) is 19.3. The van der Waals surface area contributed by atoms with E-state index in [-0.39, 0.29) is 5.91 Å². The first-order valence-electron chi connectivity index (χ1n) is 8.66. The van der Waals surface area contributed by atoms with Crippen LogP contribution in [-0.4, -0.2) is 38.4 Å². The number of aromatic nitrogens is 2. The third kappa shape index (κ3) is 2.88. The van der Waals surface area contributed by atoms with Crippen LogP contribution >= 0.6 is 0 Å². The molecule has 27 heavy (non-hydrogen) atoms. The molecule has 8 heteroatoms. The second kappa shape index (κ2) is 6.39. The van der Waals surface area contributed by atoms with Crippen molar-refractivity contribution in [2.45, 2.75) is 25.4 Å². The minimum atomic E-state index is -0.811. The lowest BCUT2D eigenvalue weighted by Crippen LogP contribution is -2.51. The number of carbonyl (C=O) groups excluding carboxylic acids is 3. The van der Waals surface area contributed by atoms with Gasteiger partial charge >= 0.3 is 0 Å². The summed E-state index contributed by atoms with van der Waals surface area (Å²) in [4.78, 5) is 39.2. The zero-order chi connectivity index (χ0) is 19.1. The number of aryl methyl sites for hydroxylation is 1. The Labute approximate surface area is 155 Å². The number of amides is 3. The Kier molecular flexibility index (Phi) is 4.02. The molecule has 3 heterocycles. The number of nitrogens with one attached hydrogen (secondary N) is 2. The van der Waals surface area contributed by atoms with Gasteiger partial charge in [0.2, 0.25) is 5.91 Å². The average Bonchev–Trinajstić information content (AvgIpc) is 3.16. The summed E-state index contributed by atoms with van der Waals surface area (Å²) >= 11 is 0. The highest BCUT2D eigenvalue weighted by Gasteiger charge is 2.44. The van der Waals surface area contributed by atoms with Crippen molar-refractivity contribution in [3.05, 3.63) is 59.6 Å². The van der Waals surface area contributed by atoms with Crippen molar-refractivity contribution in [1.82, 2.24) is 20.0 Å². The molecule has 2 aliphatic rings. The topological polar surface area (TPSA) is 96.3 Å². The van der Waals surface area contributed by atoms with E-state index in [2.05, 4.69) is 22.3 Å². The smallest absolute Gasteiger partial charge is 0.264 e. The standard InChI is InChI=1S/C19H19N5O3/c1-11-6-7-15(17(25)22-11)24-18(26)13-4-3-5-14(16(13)19(24)27)20-8-12-9-21-23(2)10-12/h3-5,9-10,15,20H,1,6-8H2,2H3,(H,22,25). The highest BCUT2D eigenvalue weighted by atomic mass is 16.2. The van der Waals surface area contributed by atoms with Crippen molar-refractivity contribution >= 4 is 23.4 Å². The second-order valence-electron chi connectivity index (χ2n) is 6.73. The Hall–Kier alpha value is -3.42. The van der Waals surface area contributed by atoms with Gasteiger partial charge in [0.25, 0.3) is 11.8 Å². The first kappa shape index (κ1) is 17.0. The number of rotatable bonds is 4. The summed E-state index contributed by atoms with van der Waals surface area (Å²) in [7, 11) is 1.83. The third-order valence-corrected chi connectivity index (χ3v) is 4.82. The third-order valence-electron chi connectivity index (χ3n) is 4.82. The SMILES string of the molecule is C=C1CCC(N2C(=O)c3cccc(NCc4cnn(C)c4)c3C2=O)C(=O)N1. The number of fused-ring (bicyclic) bond motifs is 1. The molecule has 0 bridgehead atoms. The van der Waals surface area contributed by atoms with E-state index in [4.69, 9.17) is 0 Å². The highest BCUT2D eigenvalue weighted by molar-refractivity contribution is 6.25. The van der Waals surface area contributed by atoms with Gasteiger partial charge in [-0.15, -0.1) is 0 Å². The van der Waals surface area contributed by atoms with Crippen molar-refractivity contribution in [3.63, 3.8) is 0 Å². The quantitative estimate of drug-likeness (QED) is 0.799. The Bertz CT molecular complexity index is 977. The van der Waals surface area contributed by atoms with E-state index in [0.717, 1.165) is 10.5 Å². The van der Waals surface area contributed by atoms with Crippen LogP contribution in [0, 0.1) is 0 Å². The fourth-order valence-electron chi connectivity index (χ4n) is 3.50. The van der Waals surface area contributed by atoms with E-state index in [1.165, 1.54) is 0 Å². The molecule has 1 saturated heterocycles. The number of benzene rings is 1. The molecular formula is C19H19N5O3. The van der Waals surface area contributed by atoms with Crippen LogP contribution in [0.5, 0.6) is 0 Å². The molecule has 3 amide bonds. The number of allylic oxidation sites excluding steroid dienone is 1. The van der Waals surface area contributed by atoms with Crippen molar-refractivity contribution < 1.29 is 14.4 Å². The minimum absolute atomic E-state index is 0.309. The van der Waals surface area contributed by atoms with Crippen molar-refractivity contribution in [3.8, 4) is 0 Å². The summed E-state index contributed by atoms with van der Waals surface area (Å²) in [6.07, 6.45) is 4.52. The van der Waals surface area contributed by atoms with Crippen molar-refractivity contribution in [2.75, 3.05) is 5.32 Å². The predicted molar refractivity (Wildman–Crippen MR) is 97.8 cm³/mol. The molecule has 0 radical (unpaired) electrons. The first-order valence-corrected chi connectivity index (χ1v) is 8.66. The second-order valence-corrected chi connectivity index (χ2v) is 6.73. The van der Waals surface area contributed by atoms with E-state index in [1.54, 1.807) is 29.1 Å². The summed E-state index contributed by atoms with van der Waals surface area (Å²) in [6, 6.07) is 4.29. The van der Waals surface area contributed by atoms with Gasteiger partial charge < -0.3 is 10.6 Å². The lowest BCUT2D eigenvalue weighted by atomic mass is 10.0. The molecule has 0 spiro atoms. The number of hydrogen-bond acceptors (Lipinski definition) is 5. The van der Waals surface area contributed by atoms with Crippen LogP contribution in [0.1, 0.15) is 39.1 Å². The molecule has 2 aliphatic heterocycles. The van der Waals surface area contributed by atoms with Gasteiger partial charge in [0.05, 0.1) is 17.3 Å². The molecule has 1 fully saturated rings. The summed E-state index contributed by atoms with van der Waals surface area (Å²) < 4.78 is 1.69. The summed E-state index contributed by atoms with van der Waals surface area (Å²) in [6.45, 7) is 4.20. The van der Waals surface area contributed by atoms with Crippen LogP contribution in [0.2, 0.25) is 0 Å². The molecule has 8 nitrogen and oxygen atoms in total. The molecule has 138 valence electrons. The monoisotopic (exact) mass is 365 g/mol. The highest BCUT2D eigenvalue weighted by Crippen LogP contribution is 2.33. The molecule has 2 aromatic rings. The zero-order valence-electron chi connectivity index (χ0n) is 14.9. The van der Waals surface area contributed by atoms with Gasteiger partial charge in [0.1, 0.15) is 6.04 Å². The Morgan fingerprint density at radius 2 is 2.11 bits per heavy atom. The van der Waals surface area contributed by atoms with Crippen molar-refractivity contribution in [2.24, 2.45) is 7.05 Å². The van der Waals surface area contributed by atoms with E-state index in [1.807, 2.05) is 13.2 Å². The van der Waals surface area contributed by atoms with Crippen LogP contribution in [0.15, 0.2) is 42.9 Å². The molecule has 1 aromatic carbocycles. The van der Waals surface area contributed by atoms with Crippen LogP contribution in [-0.2, 0) is 18.4 Å². The molecule has 2 N–H and O–H groups in total. The van der Waals surface area contributed by atoms with Crippen LogP contribution in [0.4, 0.5) is 5.69 Å². The zero-order valence-corrected chi connectivity index (χ0v) is 14.9. The van der Waals surface area contributed by atoms with E-state index >= 15 is 0 Å². The molecule has 1 atom stereocenters. The number of anilines is 1. The Morgan fingerprint density at radius 3 is 2.81 bits per heavy atom. The fourth-order valence-corrected chi connectivity index (χ4v) is 3.50. The number of hydrogen-bond donors (Lipinski definition) is 2. The maximum absolute atomic E-state index is 13.0. The van der Waals surface area contributed by atoms with Crippen LogP contribution < -0.4 is 10.6 Å². The number of carbonyl (C=O) groups is 3. The van der Waals surface area contributed by atoms with Gasteiger partial charge in [-0.1, -0.05) is 12.6 Å². The number of imide groups is 1. The summed E-state index contributed by atoms with van der Waals surface area (Å²) in [5, 5.41) is 9.94. The van der Waals surface area contributed by atoms with E-state index in [0.29, 0.717) is 41.9 Å².